The second-order valence-electron chi connectivity index (χ2n) is 5.69. The maximum absolute atomic E-state index is 13.2. The molecule has 0 unspecified atom stereocenters. The quantitative estimate of drug-likeness (QED) is 0.876. The molecule has 7 heteroatoms. The maximum atomic E-state index is 13.2. The average molecular weight is 359 g/mol. The van der Waals surface area contributed by atoms with E-state index in [0.29, 0.717) is 24.1 Å². The first-order valence-corrected chi connectivity index (χ1v) is 7.18. The van der Waals surface area contributed by atoms with Crippen molar-refractivity contribution in [1.82, 2.24) is 9.97 Å². The standard InChI is InChI=1S/C16H19FN4.2ClH/c1-10-4-11(2-3-14(10)17)8-19-16-7-15(20-9-21-16)12-5-13(18)6-12;;/h2-4,7,9,12-13H,5-6,8,18H2,1H3,(H,19,20,21);2*1H. The highest BCUT2D eigenvalue weighted by Crippen LogP contribution is 2.34. The van der Waals surface area contributed by atoms with E-state index in [-0.39, 0.29) is 30.6 Å². The van der Waals surface area contributed by atoms with E-state index in [0.717, 1.165) is 29.9 Å². The van der Waals surface area contributed by atoms with Crippen molar-refractivity contribution in [3.8, 4) is 0 Å². The smallest absolute Gasteiger partial charge is 0.129 e. The Morgan fingerprint density at radius 3 is 2.61 bits per heavy atom. The molecule has 4 nitrogen and oxygen atoms in total. The number of hydrogen-bond donors (Lipinski definition) is 2. The predicted octanol–water partition coefficient (Wildman–Crippen LogP) is 3.58. The van der Waals surface area contributed by atoms with Crippen LogP contribution in [0.5, 0.6) is 0 Å². The summed E-state index contributed by atoms with van der Waals surface area (Å²) in [5.41, 5.74) is 8.54. The third-order valence-electron chi connectivity index (χ3n) is 3.98. The molecule has 2 aromatic rings. The van der Waals surface area contributed by atoms with Crippen LogP contribution in [-0.4, -0.2) is 16.0 Å². The van der Waals surface area contributed by atoms with Crippen LogP contribution >= 0.6 is 24.8 Å². The number of nitrogens with one attached hydrogen (secondary N) is 1. The summed E-state index contributed by atoms with van der Waals surface area (Å²) >= 11 is 0. The van der Waals surface area contributed by atoms with Crippen LogP contribution in [0.2, 0.25) is 0 Å². The molecule has 1 heterocycles. The van der Waals surface area contributed by atoms with Crippen molar-refractivity contribution in [3.05, 3.63) is 53.2 Å². The fraction of sp³-hybridized carbons (Fsp3) is 0.375. The highest BCUT2D eigenvalue weighted by atomic mass is 35.5. The van der Waals surface area contributed by atoms with E-state index in [2.05, 4.69) is 15.3 Å². The maximum Gasteiger partial charge on any atom is 0.129 e. The van der Waals surface area contributed by atoms with Gasteiger partial charge in [-0.25, -0.2) is 14.4 Å². The Balaban J connectivity index is 0.00000132. The Morgan fingerprint density at radius 2 is 1.96 bits per heavy atom. The number of halogens is 3. The zero-order valence-electron chi connectivity index (χ0n) is 12.8. The molecule has 1 aromatic heterocycles. The number of aromatic nitrogens is 2. The minimum absolute atomic E-state index is 0. The van der Waals surface area contributed by atoms with Crippen molar-refractivity contribution in [1.29, 1.82) is 0 Å². The summed E-state index contributed by atoms with van der Waals surface area (Å²) in [6, 6.07) is 7.40. The van der Waals surface area contributed by atoms with Gasteiger partial charge in [0.15, 0.2) is 0 Å². The predicted molar refractivity (Wildman–Crippen MR) is 94.9 cm³/mol. The summed E-state index contributed by atoms with van der Waals surface area (Å²) in [7, 11) is 0. The largest absolute Gasteiger partial charge is 0.366 e. The Kier molecular flexibility index (Phi) is 7.19. The van der Waals surface area contributed by atoms with Crippen molar-refractivity contribution >= 4 is 30.6 Å². The highest BCUT2D eigenvalue weighted by Gasteiger charge is 2.28. The molecule has 1 aliphatic rings. The van der Waals surface area contributed by atoms with Crippen LogP contribution in [0.15, 0.2) is 30.6 Å². The molecule has 23 heavy (non-hydrogen) atoms. The lowest BCUT2D eigenvalue weighted by Crippen LogP contribution is -2.35. The minimum Gasteiger partial charge on any atom is -0.366 e. The molecule has 0 saturated heterocycles. The average Bonchev–Trinajstić information content (AvgIpc) is 2.45. The van der Waals surface area contributed by atoms with Gasteiger partial charge in [-0.1, -0.05) is 12.1 Å². The molecular formula is C16H21Cl2FN4. The lowest BCUT2D eigenvalue weighted by atomic mass is 9.79. The lowest BCUT2D eigenvalue weighted by Gasteiger charge is -2.31. The van der Waals surface area contributed by atoms with Gasteiger partial charge in [0.1, 0.15) is 18.0 Å². The second-order valence-corrected chi connectivity index (χ2v) is 5.69. The summed E-state index contributed by atoms with van der Waals surface area (Å²) in [6.07, 6.45) is 3.57. The number of rotatable bonds is 4. The van der Waals surface area contributed by atoms with Gasteiger partial charge in [0.2, 0.25) is 0 Å². The molecule has 0 atom stereocenters. The third kappa shape index (κ3) is 4.77. The van der Waals surface area contributed by atoms with E-state index < -0.39 is 0 Å². The van der Waals surface area contributed by atoms with Crippen LogP contribution in [0.4, 0.5) is 10.2 Å². The minimum atomic E-state index is -0.176. The molecule has 1 fully saturated rings. The first-order chi connectivity index (χ1) is 10.1. The molecule has 0 bridgehead atoms. The number of anilines is 1. The van der Waals surface area contributed by atoms with Crippen molar-refractivity contribution < 1.29 is 4.39 Å². The summed E-state index contributed by atoms with van der Waals surface area (Å²) < 4.78 is 13.2. The van der Waals surface area contributed by atoms with E-state index in [9.17, 15) is 4.39 Å². The van der Waals surface area contributed by atoms with Gasteiger partial charge in [0.25, 0.3) is 0 Å². The zero-order valence-corrected chi connectivity index (χ0v) is 14.5. The SMILES string of the molecule is Cc1cc(CNc2cc(C3CC(N)C3)ncn2)ccc1F.Cl.Cl. The molecule has 1 aliphatic carbocycles. The van der Waals surface area contributed by atoms with Gasteiger partial charge in [0, 0.05) is 30.3 Å². The number of nitrogens with zero attached hydrogens (tertiary/aromatic N) is 2. The van der Waals surface area contributed by atoms with Crippen molar-refractivity contribution in [2.24, 2.45) is 5.73 Å². The van der Waals surface area contributed by atoms with Crippen LogP contribution in [-0.2, 0) is 6.54 Å². The summed E-state index contributed by atoms with van der Waals surface area (Å²) in [6.45, 7) is 2.38. The first kappa shape index (κ1) is 19.6. The van der Waals surface area contributed by atoms with Gasteiger partial charge in [-0.3, -0.25) is 0 Å². The van der Waals surface area contributed by atoms with Gasteiger partial charge >= 0.3 is 0 Å². The van der Waals surface area contributed by atoms with Crippen LogP contribution in [0.3, 0.4) is 0 Å². The van der Waals surface area contributed by atoms with Crippen molar-refractivity contribution in [2.45, 2.75) is 38.3 Å². The van der Waals surface area contributed by atoms with E-state index in [4.69, 9.17) is 5.73 Å². The van der Waals surface area contributed by atoms with Gasteiger partial charge in [-0.15, -0.1) is 24.8 Å². The molecule has 1 saturated carbocycles. The van der Waals surface area contributed by atoms with E-state index in [1.54, 1.807) is 19.3 Å². The van der Waals surface area contributed by atoms with Gasteiger partial charge in [-0.2, -0.15) is 0 Å². The Hall–Kier alpha value is -1.43. The third-order valence-corrected chi connectivity index (χ3v) is 3.98. The molecule has 126 valence electrons. The van der Waals surface area contributed by atoms with Crippen molar-refractivity contribution in [3.63, 3.8) is 0 Å². The Labute approximate surface area is 147 Å². The summed E-state index contributed by atoms with van der Waals surface area (Å²) in [5, 5.41) is 3.26. The number of benzene rings is 1. The van der Waals surface area contributed by atoms with Gasteiger partial charge < -0.3 is 11.1 Å². The van der Waals surface area contributed by atoms with Crippen LogP contribution in [0.1, 0.15) is 35.6 Å². The van der Waals surface area contributed by atoms with E-state index in [1.165, 1.54) is 6.07 Å². The first-order valence-electron chi connectivity index (χ1n) is 7.18. The lowest BCUT2D eigenvalue weighted by molar-refractivity contribution is 0.345. The normalized spacial score (nSPS) is 19.1. The van der Waals surface area contributed by atoms with Gasteiger partial charge in [0.05, 0.1) is 0 Å². The topological polar surface area (TPSA) is 63.8 Å². The molecule has 0 aliphatic heterocycles. The molecular weight excluding hydrogens is 338 g/mol. The molecule has 3 rings (SSSR count). The molecule has 0 amide bonds. The second kappa shape index (κ2) is 8.43. The highest BCUT2D eigenvalue weighted by molar-refractivity contribution is 5.85. The fourth-order valence-corrected chi connectivity index (χ4v) is 2.61. The number of nitrogens with two attached hydrogens (primary N) is 1. The monoisotopic (exact) mass is 358 g/mol. The van der Waals surface area contributed by atoms with Crippen LogP contribution in [0, 0.1) is 12.7 Å². The zero-order chi connectivity index (χ0) is 14.8. The van der Waals surface area contributed by atoms with Crippen molar-refractivity contribution in [2.75, 3.05) is 5.32 Å². The fourth-order valence-electron chi connectivity index (χ4n) is 2.61. The summed E-state index contributed by atoms with van der Waals surface area (Å²) in [4.78, 5) is 8.55. The number of hydrogen-bond acceptors (Lipinski definition) is 4. The van der Waals surface area contributed by atoms with Crippen LogP contribution < -0.4 is 11.1 Å². The molecule has 0 spiro atoms. The Bertz CT molecular complexity index is 648. The summed E-state index contributed by atoms with van der Waals surface area (Å²) in [5.74, 6) is 1.07. The van der Waals surface area contributed by atoms with Crippen LogP contribution in [0.25, 0.3) is 0 Å². The Morgan fingerprint density at radius 1 is 1.22 bits per heavy atom. The number of aryl methyl sites for hydroxylation is 1. The van der Waals surface area contributed by atoms with Gasteiger partial charge in [-0.05, 0) is 37.0 Å². The van der Waals surface area contributed by atoms with E-state index in [1.807, 2.05) is 12.1 Å². The van der Waals surface area contributed by atoms with E-state index >= 15 is 0 Å². The molecule has 1 aromatic carbocycles. The molecule has 0 radical (unpaired) electrons. The molecule has 3 N–H and O–H groups in total.